The van der Waals surface area contributed by atoms with Gasteiger partial charge in [0.15, 0.2) is 0 Å². The molecule has 0 saturated carbocycles. The van der Waals surface area contributed by atoms with Gasteiger partial charge in [0.05, 0.1) is 6.61 Å². The molecule has 34 heavy (non-hydrogen) atoms. The molecule has 1 N–H and O–H groups in total. The van der Waals surface area contributed by atoms with Crippen molar-refractivity contribution in [1.82, 2.24) is 5.32 Å². The van der Waals surface area contributed by atoms with E-state index in [2.05, 4.69) is 5.32 Å². The summed E-state index contributed by atoms with van der Waals surface area (Å²) in [4.78, 5) is 28.7. The van der Waals surface area contributed by atoms with E-state index in [4.69, 9.17) is 14.2 Å². The molecular formula is C26H23FN2O5. The van der Waals surface area contributed by atoms with Crippen molar-refractivity contribution < 1.29 is 28.2 Å². The molecule has 2 aromatic carbocycles. The Labute approximate surface area is 195 Å². The molecule has 1 aliphatic carbocycles. The summed E-state index contributed by atoms with van der Waals surface area (Å²) >= 11 is 0. The molecule has 1 spiro atoms. The van der Waals surface area contributed by atoms with Crippen LogP contribution in [0, 0.1) is 5.82 Å². The first-order valence-corrected chi connectivity index (χ1v) is 11.3. The number of amides is 2. The first-order chi connectivity index (χ1) is 16.5. The Hall–Kier alpha value is -3.65. The summed E-state index contributed by atoms with van der Waals surface area (Å²) in [6, 6.07) is 11.3. The zero-order valence-corrected chi connectivity index (χ0v) is 18.6. The lowest BCUT2D eigenvalue weighted by Gasteiger charge is -2.33. The van der Waals surface area contributed by atoms with E-state index in [1.54, 1.807) is 36.2 Å². The number of ether oxygens (including phenoxy) is 3. The smallest absolute Gasteiger partial charge is 0.251 e. The van der Waals surface area contributed by atoms with Gasteiger partial charge in [0.2, 0.25) is 5.91 Å². The number of carbonyl (C=O) groups excluding carboxylic acids is 2. The number of nitrogens with zero attached hydrogens (tertiary/aromatic N) is 1. The Bertz CT molecular complexity index is 1270. The van der Waals surface area contributed by atoms with Gasteiger partial charge in [-0.3, -0.25) is 9.59 Å². The van der Waals surface area contributed by atoms with Crippen LogP contribution in [0.2, 0.25) is 0 Å². The van der Waals surface area contributed by atoms with Crippen LogP contribution in [-0.2, 0) is 31.0 Å². The fourth-order valence-electron chi connectivity index (χ4n) is 5.36. The molecule has 2 unspecified atom stereocenters. The zero-order chi connectivity index (χ0) is 23.4. The minimum absolute atomic E-state index is 0.118. The summed E-state index contributed by atoms with van der Waals surface area (Å²) in [6.07, 6.45) is 2.01. The molecule has 4 aliphatic rings. The van der Waals surface area contributed by atoms with Gasteiger partial charge in [-0.2, -0.15) is 0 Å². The van der Waals surface area contributed by atoms with Gasteiger partial charge in [-0.25, -0.2) is 4.39 Å². The van der Waals surface area contributed by atoms with E-state index < -0.39 is 5.41 Å². The second-order valence-electron chi connectivity index (χ2n) is 8.87. The second-order valence-corrected chi connectivity index (χ2v) is 8.87. The number of hydrogen-bond acceptors (Lipinski definition) is 5. The first-order valence-electron chi connectivity index (χ1n) is 11.3. The Morgan fingerprint density at radius 2 is 2.00 bits per heavy atom. The highest BCUT2D eigenvalue weighted by atomic mass is 19.1. The van der Waals surface area contributed by atoms with Crippen molar-refractivity contribution in [2.24, 2.45) is 0 Å². The number of carbonyl (C=O) groups is 2. The highest BCUT2D eigenvalue weighted by molar-refractivity contribution is 6.14. The van der Waals surface area contributed by atoms with Crippen molar-refractivity contribution in [2.45, 2.75) is 24.5 Å². The summed E-state index contributed by atoms with van der Waals surface area (Å²) in [5.41, 5.74) is 2.27. The summed E-state index contributed by atoms with van der Waals surface area (Å²) < 4.78 is 30.9. The number of fused-ring (bicyclic) bond motifs is 4. The van der Waals surface area contributed by atoms with Crippen LogP contribution in [-0.4, -0.2) is 44.8 Å². The fourth-order valence-corrected chi connectivity index (χ4v) is 5.36. The number of rotatable bonds is 3. The number of benzene rings is 2. The van der Waals surface area contributed by atoms with Gasteiger partial charge in [-0.15, -0.1) is 0 Å². The number of hydrogen-bond donors (Lipinski definition) is 1. The Kier molecular flexibility index (Phi) is 4.74. The summed E-state index contributed by atoms with van der Waals surface area (Å²) in [7, 11) is 1.72. The maximum absolute atomic E-state index is 13.7. The molecule has 3 heterocycles. The third kappa shape index (κ3) is 2.98. The zero-order valence-electron chi connectivity index (χ0n) is 18.6. The van der Waals surface area contributed by atoms with Crippen LogP contribution in [0.5, 0.6) is 0 Å². The topological polar surface area (TPSA) is 77.1 Å². The third-order valence-electron chi connectivity index (χ3n) is 7.02. The number of allylic oxidation sites excluding steroid dienone is 1. The van der Waals surface area contributed by atoms with Gasteiger partial charge in [-0.1, -0.05) is 18.2 Å². The number of likely N-dealkylation sites (N-methyl/N-ethyl adjacent to an activating group) is 1. The van der Waals surface area contributed by atoms with E-state index in [0.29, 0.717) is 48.0 Å². The average molecular weight is 462 g/mol. The highest BCUT2D eigenvalue weighted by Crippen LogP contribution is 2.54. The number of halogens is 1. The van der Waals surface area contributed by atoms with Gasteiger partial charge in [0, 0.05) is 42.9 Å². The second kappa shape index (κ2) is 7.70. The standard InChI is InChI=1S/C26H23FN2O5/c1-29-19-4-2-3-17(24(30)28-13-15-5-7-16(27)8-6-15)23(19)26(25(29)31)14-34-20-12-22-21(11-18(20)26)32-9-10-33-22/h2-8,12,21H,9-11,13-14H2,1H3,(H,28,30). The first kappa shape index (κ1) is 20.9. The van der Waals surface area contributed by atoms with Crippen molar-refractivity contribution in [3.63, 3.8) is 0 Å². The summed E-state index contributed by atoms with van der Waals surface area (Å²) in [6.45, 7) is 1.33. The van der Waals surface area contributed by atoms with Crippen molar-refractivity contribution in [2.75, 3.05) is 31.8 Å². The number of anilines is 1. The molecule has 3 aliphatic heterocycles. The fraction of sp³-hybridized carbons (Fsp3) is 0.308. The monoisotopic (exact) mass is 462 g/mol. The highest BCUT2D eigenvalue weighted by Gasteiger charge is 2.59. The maximum atomic E-state index is 13.7. The van der Waals surface area contributed by atoms with Crippen molar-refractivity contribution in [3.05, 3.63) is 88.1 Å². The third-order valence-corrected chi connectivity index (χ3v) is 7.02. The van der Waals surface area contributed by atoms with E-state index in [9.17, 15) is 14.0 Å². The van der Waals surface area contributed by atoms with Crippen LogP contribution in [0.1, 0.15) is 27.9 Å². The molecule has 1 saturated heterocycles. The van der Waals surface area contributed by atoms with Gasteiger partial charge < -0.3 is 24.4 Å². The van der Waals surface area contributed by atoms with Crippen LogP contribution in [0.15, 0.2) is 65.6 Å². The summed E-state index contributed by atoms with van der Waals surface area (Å²) in [5.74, 6) is 0.572. The van der Waals surface area contributed by atoms with Crippen molar-refractivity contribution >= 4 is 17.5 Å². The quantitative estimate of drug-likeness (QED) is 0.759. The van der Waals surface area contributed by atoms with E-state index in [0.717, 1.165) is 11.1 Å². The van der Waals surface area contributed by atoms with Crippen LogP contribution < -0.4 is 10.2 Å². The van der Waals surface area contributed by atoms with Gasteiger partial charge in [-0.05, 0) is 35.4 Å². The van der Waals surface area contributed by atoms with Gasteiger partial charge >= 0.3 is 0 Å². The van der Waals surface area contributed by atoms with Crippen molar-refractivity contribution in [1.29, 1.82) is 0 Å². The SMILES string of the molecule is CN1C(=O)C2(COC3=C2CC2OCCOC2=C3)c2c(C(=O)NCc3ccc(F)cc3)cccc21. The molecule has 7 nitrogen and oxygen atoms in total. The minimum Gasteiger partial charge on any atom is -0.493 e. The molecule has 6 rings (SSSR count). The van der Waals surface area contributed by atoms with E-state index in [1.807, 2.05) is 12.1 Å². The molecule has 8 heteroatoms. The predicted molar refractivity (Wildman–Crippen MR) is 120 cm³/mol. The van der Waals surface area contributed by atoms with Crippen LogP contribution >= 0.6 is 0 Å². The molecule has 174 valence electrons. The van der Waals surface area contributed by atoms with Crippen LogP contribution in [0.25, 0.3) is 0 Å². The Balaban J connectivity index is 1.40. The molecule has 2 amide bonds. The average Bonchev–Trinajstić information content (AvgIpc) is 3.33. The minimum atomic E-state index is -1.09. The predicted octanol–water partition coefficient (Wildman–Crippen LogP) is 2.96. The lowest BCUT2D eigenvalue weighted by atomic mass is 9.71. The van der Waals surface area contributed by atoms with Crippen LogP contribution in [0.3, 0.4) is 0 Å². The number of nitrogens with one attached hydrogen (secondary N) is 1. The van der Waals surface area contributed by atoms with E-state index in [1.165, 1.54) is 12.1 Å². The lowest BCUT2D eigenvalue weighted by molar-refractivity contribution is -0.122. The molecular weight excluding hydrogens is 439 g/mol. The Morgan fingerprint density at radius 1 is 1.18 bits per heavy atom. The lowest BCUT2D eigenvalue weighted by Crippen LogP contribution is -2.44. The summed E-state index contributed by atoms with van der Waals surface area (Å²) in [5, 5.41) is 2.91. The van der Waals surface area contributed by atoms with Gasteiger partial charge in [0.1, 0.15) is 42.1 Å². The van der Waals surface area contributed by atoms with Crippen LogP contribution in [0.4, 0.5) is 10.1 Å². The maximum Gasteiger partial charge on any atom is 0.251 e. The van der Waals surface area contributed by atoms with E-state index in [-0.39, 0.29) is 36.9 Å². The Morgan fingerprint density at radius 3 is 2.82 bits per heavy atom. The molecule has 0 bridgehead atoms. The normalized spacial score (nSPS) is 24.8. The van der Waals surface area contributed by atoms with E-state index >= 15 is 0 Å². The van der Waals surface area contributed by atoms with Crippen molar-refractivity contribution in [3.8, 4) is 0 Å². The molecule has 2 aromatic rings. The molecule has 2 atom stereocenters. The van der Waals surface area contributed by atoms with Gasteiger partial charge in [0.25, 0.3) is 5.91 Å². The molecule has 1 fully saturated rings. The largest absolute Gasteiger partial charge is 0.493 e. The molecule has 0 radical (unpaired) electrons. The molecule has 0 aromatic heterocycles.